The first kappa shape index (κ1) is 17.6. The number of benzene rings is 1. The second-order valence-corrected chi connectivity index (χ2v) is 6.89. The van der Waals surface area contributed by atoms with E-state index in [4.69, 9.17) is 10.2 Å². The molecule has 0 aliphatic heterocycles. The highest BCUT2D eigenvalue weighted by atomic mass is 32.2. The van der Waals surface area contributed by atoms with Crippen LogP contribution in [0.25, 0.3) is 0 Å². The number of hydrogen-bond donors (Lipinski definition) is 3. The third-order valence-corrected chi connectivity index (χ3v) is 5.07. The maximum absolute atomic E-state index is 12.3. The minimum absolute atomic E-state index is 0.0780. The molecule has 1 rings (SSSR count). The molecule has 0 aliphatic carbocycles. The Morgan fingerprint density at radius 3 is 2.29 bits per heavy atom. The van der Waals surface area contributed by atoms with Gasteiger partial charge >= 0.3 is 5.97 Å². The fraction of sp³-hybridized carbons (Fsp3) is 0.500. The lowest BCUT2D eigenvalue weighted by molar-refractivity contribution is -0.136. The lowest BCUT2D eigenvalue weighted by Gasteiger charge is -2.28. The first-order valence-corrected chi connectivity index (χ1v) is 8.16. The summed E-state index contributed by atoms with van der Waals surface area (Å²) in [4.78, 5) is 10.7. The minimum atomic E-state index is -3.71. The van der Waals surface area contributed by atoms with E-state index < -0.39 is 21.5 Å². The van der Waals surface area contributed by atoms with Crippen molar-refractivity contribution in [2.24, 2.45) is 0 Å². The number of carboxylic acid groups (broad SMARTS) is 1. The van der Waals surface area contributed by atoms with Crippen LogP contribution in [0.2, 0.25) is 0 Å². The van der Waals surface area contributed by atoms with Crippen LogP contribution in [0.3, 0.4) is 0 Å². The molecule has 1 atom stereocenters. The molecular weight excluding hydrogens is 294 g/mol. The fourth-order valence-corrected chi connectivity index (χ4v) is 3.40. The Hall–Kier alpha value is -1.44. The van der Waals surface area contributed by atoms with Crippen molar-refractivity contribution in [2.75, 3.05) is 6.61 Å². The minimum Gasteiger partial charge on any atom is -0.481 e. The van der Waals surface area contributed by atoms with Gasteiger partial charge < -0.3 is 10.2 Å². The molecule has 0 spiro atoms. The number of aliphatic hydroxyl groups is 1. The fourth-order valence-electron chi connectivity index (χ4n) is 1.89. The average molecular weight is 315 g/mol. The molecule has 7 heteroatoms. The number of aliphatic carboxylic acids is 1. The molecule has 0 aromatic heterocycles. The van der Waals surface area contributed by atoms with Crippen LogP contribution in [0.5, 0.6) is 0 Å². The van der Waals surface area contributed by atoms with Crippen molar-refractivity contribution >= 4 is 16.0 Å². The van der Waals surface area contributed by atoms with Crippen LogP contribution in [0, 0.1) is 0 Å². The molecule has 0 fully saturated rings. The molecule has 1 aromatic carbocycles. The van der Waals surface area contributed by atoms with Crippen molar-refractivity contribution in [3.8, 4) is 0 Å². The molecule has 21 heavy (non-hydrogen) atoms. The molecule has 3 N–H and O–H groups in total. The summed E-state index contributed by atoms with van der Waals surface area (Å²) in [5, 5.41) is 17.7. The van der Waals surface area contributed by atoms with E-state index in [2.05, 4.69) is 4.72 Å². The van der Waals surface area contributed by atoms with Crippen molar-refractivity contribution in [1.82, 2.24) is 4.72 Å². The van der Waals surface area contributed by atoms with E-state index in [0.717, 1.165) is 0 Å². The van der Waals surface area contributed by atoms with Crippen molar-refractivity contribution in [3.63, 3.8) is 0 Å². The van der Waals surface area contributed by atoms with Gasteiger partial charge in [-0.1, -0.05) is 19.1 Å². The van der Waals surface area contributed by atoms with E-state index in [1.807, 2.05) is 6.92 Å². The van der Waals surface area contributed by atoms with Gasteiger partial charge in [0, 0.05) is 12.1 Å². The van der Waals surface area contributed by atoms with Crippen LogP contribution in [-0.4, -0.2) is 36.7 Å². The normalized spacial score (nSPS) is 14.6. The van der Waals surface area contributed by atoms with E-state index in [0.29, 0.717) is 18.4 Å². The zero-order valence-corrected chi connectivity index (χ0v) is 13.0. The Labute approximate surface area is 124 Å². The smallest absolute Gasteiger partial charge is 0.307 e. The molecule has 1 aromatic rings. The van der Waals surface area contributed by atoms with E-state index >= 15 is 0 Å². The molecule has 0 amide bonds. The Balaban J connectivity index is 2.94. The maximum atomic E-state index is 12.3. The Morgan fingerprint density at radius 1 is 1.29 bits per heavy atom. The van der Waals surface area contributed by atoms with Gasteiger partial charge in [-0.05, 0) is 37.5 Å². The largest absolute Gasteiger partial charge is 0.481 e. The summed E-state index contributed by atoms with van der Waals surface area (Å²) in [5.74, 6) is -0.967. The van der Waals surface area contributed by atoms with Gasteiger partial charge in [0.05, 0.1) is 11.3 Å². The number of hydrogen-bond acceptors (Lipinski definition) is 4. The zero-order chi connectivity index (χ0) is 16.1. The van der Waals surface area contributed by atoms with Crippen LogP contribution >= 0.6 is 0 Å². The Bertz CT molecular complexity index is 582. The van der Waals surface area contributed by atoms with Gasteiger partial charge in [0.1, 0.15) is 0 Å². The summed E-state index contributed by atoms with van der Waals surface area (Å²) >= 11 is 0. The molecular formula is C14H21NO5S. The van der Waals surface area contributed by atoms with Gasteiger partial charge in [-0.15, -0.1) is 0 Å². The van der Waals surface area contributed by atoms with Gasteiger partial charge in [0.25, 0.3) is 0 Å². The van der Waals surface area contributed by atoms with Gasteiger partial charge in [0.2, 0.25) is 10.0 Å². The van der Waals surface area contributed by atoms with E-state index in [9.17, 15) is 13.2 Å². The molecule has 0 saturated carbocycles. The summed E-state index contributed by atoms with van der Waals surface area (Å²) in [6.45, 7) is 3.47. The summed E-state index contributed by atoms with van der Waals surface area (Å²) in [6.07, 6.45) is 0.717. The number of carbonyl (C=O) groups is 1. The van der Waals surface area contributed by atoms with Crippen molar-refractivity contribution in [3.05, 3.63) is 29.8 Å². The highest BCUT2D eigenvalue weighted by Gasteiger charge is 2.28. The van der Waals surface area contributed by atoms with Crippen LogP contribution in [0.15, 0.2) is 29.2 Å². The van der Waals surface area contributed by atoms with Crippen molar-refractivity contribution < 1.29 is 23.4 Å². The number of aliphatic hydroxyl groups excluding tert-OH is 1. The molecule has 0 bridgehead atoms. The molecule has 1 unspecified atom stereocenters. The summed E-state index contributed by atoms with van der Waals surface area (Å²) in [7, 11) is -3.71. The molecule has 6 nitrogen and oxygen atoms in total. The predicted molar refractivity (Wildman–Crippen MR) is 78.5 cm³/mol. The lowest BCUT2D eigenvalue weighted by Crippen LogP contribution is -2.46. The summed E-state index contributed by atoms with van der Waals surface area (Å²) in [5.41, 5.74) is -0.178. The standard InChI is InChI=1S/C14H21NO5S/c1-3-14(2,8-9-16)15-21(19,20)12-6-4-11(5-7-12)10-13(17)18/h4-7,15-16H,3,8-10H2,1-2H3,(H,17,18). The van der Waals surface area contributed by atoms with Crippen molar-refractivity contribution in [2.45, 2.75) is 43.5 Å². The van der Waals surface area contributed by atoms with Gasteiger partial charge in [-0.3, -0.25) is 4.79 Å². The molecule has 118 valence electrons. The number of carboxylic acids is 1. The Morgan fingerprint density at radius 2 is 1.86 bits per heavy atom. The van der Waals surface area contributed by atoms with E-state index in [-0.39, 0.29) is 17.9 Å². The van der Waals surface area contributed by atoms with E-state index in [1.54, 1.807) is 6.92 Å². The van der Waals surface area contributed by atoms with Crippen LogP contribution in [0.1, 0.15) is 32.3 Å². The topological polar surface area (TPSA) is 104 Å². The van der Waals surface area contributed by atoms with Crippen LogP contribution < -0.4 is 4.72 Å². The Kier molecular flexibility index (Phi) is 5.88. The first-order chi connectivity index (χ1) is 9.72. The predicted octanol–water partition coefficient (Wildman–Crippen LogP) is 1.14. The quantitative estimate of drug-likeness (QED) is 0.667. The van der Waals surface area contributed by atoms with Crippen molar-refractivity contribution in [1.29, 1.82) is 0 Å². The number of rotatable bonds is 8. The van der Waals surface area contributed by atoms with Gasteiger partial charge in [-0.25, -0.2) is 13.1 Å². The van der Waals surface area contributed by atoms with Crippen LogP contribution in [0.4, 0.5) is 0 Å². The SMILES string of the molecule is CCC(C)(CCO)NS(=O)(=O)c1ccc(CC(=O)O)cc1. The first-order valence-electron chi connectivity index (χ1n) is 6.68. The highest BCUT2D eigenvalue weighted by molar-refractivity contribution is 7.89. The van der Waals surface area contributed by atoms with E-state index in [1.165, 1.54) is 24.3 Å². The summed E-state index contributed by atoms with van der Waals surface area (Å²) < 4.78 is 27.2. The third kappa shape index (κ3) is 5.11. The molecule has 0 aliphatic rings. The molecule has 0 heterocycles. The second kappa shape index (κ2) is 7.02. The van der Waals surface area contributed by atoms with Gasteiger partial charge in [-0.2, -0.15) is 0 Å². The average Bonchev–Trinajstić information content (AvgIpc) is 2.38. The van der Waals surface area contributed by atoms with Gasteiger partial charge in [0.15, 0.2) is 0 Å². The molecule has 0 radical (unpaired) electrons. The maximum Gasteiger partial charge on any atom is 0.307 e. The summed E-state index contributed by atoms with van der Waals surface area (Å²) in [6, 6.07) is 5.74. The number of nitrogens with one attached hydrogen (secondary N) is 1. The zero-order valence-electron chi connectivity index (χ0n) is 12.2. The van der Waals surface area contributed by atoms with Crippen LogP contribution in [-0.2, 0) is 21.2 Å². The second-order valence-electron chi connectivity index (χ2n) is 5.21. The lowest BCUT2D eigenvalue weighted by atomic mass is 9.97. The monoisotopic (exact) mass is 315 g/mol. The highest BCUT2D eigenvalue weighted by Crippen LogP contribution is 2.19. The third-order valence-electron chi connectivity index (χ3n) is 3.41. The molecule has 0 saturated heterocycles. The number of sulfonamides is 1.